The number of phenols is 2. The van der Waals surface area contributed by atoms with Crippen LogP contribution in [-0.4, -0.2) is 35.2 Å². The predicted octanol–water partition coefficient (Wildman–Crippen LogP) is 3.53. The minimum Gasteiger partial charge on any atom is -0.507 e. The minimum atomic E-state index is -1.27. The van der Waals surface area contributed by atoms with E-state index in [0.29, 0.717) is 30.4 Å². The van der Waals surface area contributed by atoms with E-state index in [1.54, 1.807) is 13.8 Å². The van der Waals surface area contributed by atoms with Crippen molar-refractivity contribution < 1.29 is 34.0 Å². The van der Waals surface area contributed by atoms with Gasteiger partial charge in [0.15, 0.2) is 17.8 Å². The van der Waals surface area contributed by atoms with Gasteiger partial charge in [-0.1, -0.05) is 0 Å². The van der Waals surface area contributed by atoms with E-state index in [2.05, 4.69) is 0 Å². The molecule has 0 saturated heterocycles. The van der Waals surface area contributed by atoms with Gasteiger partial charge in [0.1, 0.15) is 11.5 Å². The summed E-state index contributed by atoms with van der Waals surface area (Å²) in [5.41, 5.74) is 1.85. The molecule has 1 aliphatic heterocycles. The highest BCUT2D eigenvalue weighted by Crippen LogP contribution is 2.44. The largest absolute Gasteiger partial charge is 0.507 e. The van der Waals surface area contributed by atoms with Crippen LogP contribution in [0.5, 0.6) is 28.7 Å². The van der Waals surface area contributed by atoms with Crippen LogP contribution in [0, 0.1) is 20.8 Å². The maximum atomic E-state index is 13.0. The van der Waals surface area contributed by atoms with Crippen LogP contribution < -0.4 is 14.2 Å². The quantitative estimate of drug-likeness (QED) is 0.460. The summed E-state index contributed by atoms with van der Waals surface area (Å²) in [6.45, 7) is 7.10. The fourth-order valence-electron chi connectivity index (χ4n) is 3.54. The number of hydrogen-bond donors (Lipinski definition) is 2. The summed E-state index contributed by atoms with van der Waals surface area (Å²) in [6, 6.07) is 2.73. The smallest absolute Gasteiger partial charge is 0.355 e. The SMILES string of the molecule is COc1c(OC(=O)C2(C)CCc3c(C)c(O)c(C)c(C)c3O2)ccc(C=O)c1O. The zero-order chi connectivity index (χ0) is 21.5. The van der Waals surface area contributed by atoms with Gasteiger partial charge in [-0.2, -0.15) is 0 Å². The molecule has 1 heterocycles. The third kappa shape index (κ3) is 3.26. The number of ether oxygens (including phenoxy) is 3. The van der Waals surface area contributed by atoms with E-state index in [1.165, 1.54) is 19.2 Å². The average molecular weight is 400 g/mol. The zero-order valence-electron chi connectivity index (χ0n) is 17.1. The van der Waals surface area contributed by atoms with Gasteiger partial charge >= 0.3 is 5.97 Å². The van der Waals surface area contributed by atoms with E-state index >= 15 is 0 Å². The first-order valence-electron chi connectivity index (χ1n) is 9.22. The van der Waals surface area contributed by atoms with Crippen LogP contribution in [0.4, 0.5) is 0 Å². The molecule has 7 heteroatoms. The van der Waals surface area contributed by atoms with E-state index in [1.807, 2.05) is 13.8 Å². The topological polar surface area (TPSA) is 102 Å². The van der Waals surface area contributed by atoms with Crippen LogP contribution >= 0.6 is 0 Å². The van der Waals surface area contributed by atoms with Crippen LogP contribution in [-0.2, 0) is 11.2 Å². The van der Waals surface area contributed by atoms with Crippen LogP contribution in [0.2, 0.25) is 0 Å². The third-order valence-electron chi connectivity index (χ3n) is 5.61. The number of aromatic hydroxyl groups is 2. The summed E-state index contributed by atoms with van der Waals surface area (Å²) in [6.07, 6.45) is 1.37. The molecule has 154 valence electrons. The second-order valence-electron chi connectivity index (χ2n) is 7.41. The van der Waals surface area contributed by atoms with Crippen molar-refractivity contribution in [2.24, 2.45) is 0 Å². The third-order valence-corrected chi connectivity index (χ3v) is 5.61. The van der Waals surface area contributed by atoms with Crippen molar-refractivity contribution in [3.63, 3.8) is 0 Å². The molecule has 1 atom stereocenters. The minimum absolute atomic E-state index is 0.00832. The van der Waals surface area contributed by atoms with Gasteiger partial charge in [-0.25, -0.2) is 4.79 Å². The number of hydrogen-bond acceptors (Lipinski definition) is 7. The predicted molar refractivity (Wildman–Crippen MR) is 105 cm³/mol. The number of methoxy groups -OCH3 is 1. The summed E-state index contributed by atoms with van der Waals surface area (Å²) < 4.78 is 16.7. The Morgan fingerprint density at radius 1 is 1.14 bits per heavy atom. The van der Waals surface area contributed by atoms with Crippen LogP contribution in [0.1, 0.15) is 46.0 Å². The second kappa shape index (κ2) is 7.31. The van der Waals surface area contributed by atoms with Crippen LogP contribution in [0.15, 0.2) is 12.1 Å². The van der Waals surface area contributed by atoms with Gasteiger partial charge in [-0.3, -0.25) is 4.79 Å². The molecular formula is C22H24O7. The standard InChI is InChI=1S/C22H24O7/c1-11-12(2)19-15(13(3)17(11)24)8-9-22(4,29-19)21(26)28-16-7-6-14(10-23)18(25)20(16)27-5/h6-7,10,24-25H,8-9H2,1-5H3. The molecule has 0 bridgehead atoms. The van der Waals surface area contributed by atoms with E-state index in [-0.39, 0.29) is 22.8 Å². The molecule has 29 heavy (non-hydrogen) atoms. The van der Waals surface area contributed by atoms with Gasteiger partial charge in [0.05, 0.1) is 12.7 Å². The Kier molecular flexibility index (Phi) is 5.17. The first-order chi connectivity index (χ1) is 13.6. The van der Waals surface area contributed by atoms with Crippen molar-refractivity contribution in [3.05, 3.63) is 39.9 Å². The van der Waals surface area contributed by atoms with E-state index in [9.17, 15) is 19.8 Å². The Morgan fingerprint density at radius 2 is 1.83 bits per heavy atom. The van der Waals surface area contributed by atoms with Crippen molar-refractivity contribution in [3.8, 4) is 28.7 Å². The van der Waals surface area contributed by atoms with Crippen molar-refractivity contribution >= 4 is 12.3 Å². The number of carbonyl (C=O) groups is 2. The van der Waals surface area contributed by atoms with Crippen molar-refractivity contribution in [1.29, 1.82) is 0 Å². The number of benzene rings is 2. The Bertz CT molecular complexity index is 1010. The van der Waals surface area contributed by atoms with Gasteiger partial charge in [-0.15, -0.1) is 0 Å². The van der Waals surface area contributed by atoms with Gasteiger partial charge < -0.3 is 24.4 Å². The number of carbonyl (C=O) groups excluding carboxylic acids is 2. The number of esters is 1. The summed E-state index contributed by atoms with van der Waals surface area (Å²) in [7, 11) is 1.30. The summed E-state index contributed by atoms with van der Waals surface area (Å²) >= 11 is 0. The molecule has 1 unspecified atom stereocenters. The zero-order valence-corrected chi connectivity index (χ0v) is 17.1. The summed E-state index contributed by atoms with van der Waals surface area (Å²) in [4.78, 5) is 24.0. The molecule has 0 aromatic heterocycles. The normalized spacial score (nSPS) is 17.8. The maximum absolute atomic E-state index is 13.0. The monoisotopic (exact) mass is 400 g/mol. The number of aldehydes is 1. The highest BCUT2D eigenvalue weighted by molar-refractivity contribution is 5.86. The first-order valence-corrected chi connectivity index (χ1v) is 9.22. The highest BCUT2D eigenvalue weighted by atomic mass is 16.6. The van der Waals surface area contributed by atoms with E-state index in [0.717, 1.165) is 16.7 Å². The van der Waals surface area contributed by atoms with Crippen LogP contribution in [0.3, 0.4) is 0 Å². The molecule has 0 amide bonds. The lowest BCUT2D eigenvalue weighted by Gasteiger charge is -2.35. The highest BCUT2D eigenvalue weighted by Gasteiger charge is 2.43. The molecule has 7 nitrogen and oxygen atoms in total. The van der Waals surface area contributed by atoms with Gasteiger partial charge in [0.25, 0.3) is 0 Å². The lowest BCUT2D eigenvalue weighted by atomic mass is 9.87. The molecule has 2 aromatic rings. The average Bonchev–Trinajstić information content (AvgIpc) is 2.71. The van der Waals surface area contributed by atoms with Crippen molar-refractivity contribution in [2.75, 3.05) is 7.11 Å². The van der Waals surface area contributed by atoms with Gasteiger partial charge in [-0.05, 0) is 62.9 Å². The molecule has 0 saturated carbocycles. The Balaban J connectivity index is 1.94. The van der Waals surface area contributed by atoms with Gasteiger partial charge in [0.2, 0.25) is 11.4 Å². The molecule has 2 aromatic carbocycles. The lowest BCUT2D eigenvalue weighted by molar-refractivity contribution is -0.152. The Morgan fingerprint density at radius 3 is 2.45 bits per heavy atom. The molecule has 0 fully saturated rings. The second-order valence-corrected chi connectivity index (χ2v) is 7.41. The molecule has 2 N–H and O–H groups in total. The Hall–Kier alpha value is -3.22. The van der Waals surface area contributed by atoms with Crippen molar-refractivity contribution in [1.82, 2.24) is 0 Å². The number of rotatable bonds is 4. The van der Waals surface area contributed by atoms with Gasteiger partial charge in [0, 0.05) is 12.0 Å². The molecule has 0 radical (unpaired) electrons. The lowest BCUT2D eigenvalue weighted by Crippen LogP contribution is -2.47. The number of fused-ring (bicyclic) bond motifs is 1. The fourth-order valence-corrected chi connectivity index (χ4v) is 3.54. The van der Waals surface area contributed by atoms with E-state index < -0.39 is 17.3 Å². The molecule has 0 aliphatic carbocycles. The first kappa shape index (κ1) is 20.5. The molecular weight excluding hydrogens is 376 g/mol. The maximum Gasteiger partial charge on any atom is 0.355 e. The molecule has 1 aliphatic rings. The van der Waals surface area contributed by atoms with Crippen molar-refractivity contribution in [2.45, 2.75) is 46.1 Å². The summed E-state index contributed by atoms with van der Waals surface area (Å²) in [5.74, 6) is -0.337. The number of phenolic OH excluding ortho intramolecular Hbond substituents is 2. The van der Waals surface area contributed by atoms with Crippen LogP contribution in [0.25, 0.3) is 0 Å². The summed E-state index contributed by atoms with van der Waals surface area (Å²) in [5, 5.41) is 20.4. The van der Waals surface area contributed by atoms with E-state index in [4.69, 9.17) is 14.2 Å². The molecule has 0 spiro atoms. The fraction of sp³-hybridized carbons (Fsp3) is 0.364. The molecule has 3 rings (SSSR count). The Labute approximate surface area is 168 Å².